The average Bonchev–Trinajstić information content (AvgIpc) is 2.37. The Kier molecular flexibility index (Phi) is 5.59. The molecule has 1 rings (SSSR count). The molecule has 21 heavy (non-hydrogen) atoms. The molecule has 4 nitrogen and oxygen atoms in total. The maximum atomic E-state index is 12.3. The topological polar surface area (TPSA) is 59.3 Å². The van der Waals surface area contributed by atoms with Crippen LogP contribution in [0.15, 0.2) is 12.1 Å². The number of carbonyl (C=O) groups is 1. The molecular formula is C14H14F3NO3. The Bertz CT molecular complexity index is 562. The van der Waals surface area contributed by atoms with Crippen LogP contribution in [0.3, 0.4) is 0 Å². The van der Waals surface area contributed by atoms with Gasteiger partial charge in [0, 0.05) is 0 Å². The van der Waals surface area contributed by atoms with Crippen LogP contribution in [0.5, 0.6) is 5.75 Å². The summed E-state index contributed by atoms with van der Waals surface area (Å²) < 4.78 is 45.6. The zero-order chi connectivity index (χ0) is 16.0. The first-order valence-electron chi connectivity index (χ1n) is 6.28. The molecule has 0 spiro atoms. The quantitative estimate of drug-likeness (QED) is 0.784. The van der Waals surface area contributed by atoms with Crippen LogP contribution < -0.4 is 4.74 Å². The van der Waals surface area contributed by atoms with Crippen molar-refractivity contribution >= 4 is 5.97 Å². The van der Waals surface area contributed by atoms with Crippen molar-refractivity contribution in [2.24, 2.45) is 0 Å². The molecule has 0 atom stereocenters. The number of hydrogen-bond donors (Lipinski definition) is 0. The Morgan fingerprint density at radius 3 is 2.48 bits per heavy atom. The van der Waals surface area contributed by atoms with Crippen molar-refractivity contribution in [1.82, 2.24) is 0 Å². The summed E-state index contributed by atoms with van der Waals surface area (Å²) in [4.78, 5) is 11.6. The minimum absolute atomic E-state index is 0.154. The first-order valence-corrected chi connectivity index (χ1v) is 6.28. The molecule has 0 heterocycles. The van der Waals surface area contributed by atoms with Crippen molar-refractivity contribution in [1.29, 1.82) is 5.26 Å². The maximum Gasteiger partial charge on any atom is 0.573 e. The van der Waals surface area contributed by atoms with Crippen LogP contribution in [0.2, 0.25) is 0 Å². The second-order valence-corrected chi connectivity index (χ2v) is 4.07. The zero-order valence-electron chi connectivity index (χ0n) is 11.6. The van der Waals surface area contributed by atoms with E-state index in [1.54, 1.807) is 19.9 Å². The SMILES string of the molecule is CCOC(=O)Cc1c(CC)ccc(OC(F)(F)F)c1C#N. The number of rotatable bonds is 5. The summed E-state index contributed by atoms with van der Waals surface area (Å²) in [6, 6.07) is 4.17. The predicted octanol–water partition coefficient (Wildman–Crippen LogP) is 3.12. The van der Waals surface area contributed by atoms with Crippen LogP contribution in [-0.4, -0.2) is 18.9 Å². The summed E-state index contributed by atoms with van der Waals surface area (Å²) in [6.07, 6.45) is -4.70. The molecule has 1 aromatic carbocycles. The van der Waals surface area contributed by atoms with Crippen LogP contribution in [0, 0.1) is 11.3 Å². The lowest BCUT2D eigenvalue weighted by Gasteiger charge is -2.15. The largest absolute Gasteiger partial charge is 0.573 e. The number of nitrogens with zero attached hydrogens (tertiary/aromatic N) is 1. The molecule has 0 bridgehead atoms. The molecule has 0 N–H and O–H groups in total. The molecule has 0 fully saturated rings. The van der Waals surface area contributed by atoms with E-state index in [1.165, 1.54) is 6.07 Å². The highest BCUT2D eigenvalue weighted by molar-refractivity contribution is 5.75. The monoisotopic (exact) mass is 301 g/mol. The van der Waals surface area contributed by atoms with Gasteiger partial charge in [0.2, 0.25) is 0 Å². The molecule has 114 valence electrons. The van der Waals surface area contributed by atoms with E-state index in [4.69, 9.17) is 10.00 Å². The fourth-order valence-electron chi connectivity index (χ4n) is 1.89. The summed E-state index contributed by atoms with van der Waals surface area (Å²) in [5, 5.41) is 9.11. The highest BCUT2D eigenvalue weighted by atomic mass is 19.4. The van der Waals surface area contributed by atoms with Crippen molar-refractivity contribution in [3.05, 3.63) is 28.8 Å². The first-order chi connectivity index (χ1) is 9.82. The van der Waals surface area contributed by atoms with Gasteiger partial charge in [0.05, 0.1) is 18.6 Å². The predicted molar refractivity (Wildman–Crippen MR) is 67.6 cm³/mol. The molecule has 7 heteroatoms. The normalized spacial score (nSPS) is 10.9. The van der Waals surface area contributed by atoms with Crippen LogP contribution in [0.25, 0.3) is 0 Å². The van der Waals surface area contributed by atoms with Gasteiger partial charge in [-0.05, 0) is 30.5 Å². The van der Waals surface area contributed by atoms with Gasteiger partial charge in [0.15, 0.2) is 0 Å². The minimum Gasteiger partial charge on any atom is -0.466 e. The number of alkyl halides is 3. The van der Waals surface area contributed by atoms with Crippen molar-refractivity contribution in [3.63, 3.8) is 0 Å². The molecule has 0 saturated heterocycles. The number of ether oxygens (including phenoxy) is 2. The van der Waals surface area contributed by atoms with Gasteiger partial charge < -0.3 is 9.47 Å². The molecule has 0 aliphatic carbocycles. The standard InChI is InChI=1S/C14H14F3NO3/c1-3-9-5-6-12(21-14(15,16)17)11(8-18)10(9)7-13(19)20-4-2/h5-6H,3-4,7H2,1-2H3. The number of aryl methyl sites for hydroxylation is 1. The molecule has 0 aliphatic rings. The maximum absolute atomic E-state index is 12.3. The third-order valence-electron chi connectivity index (χ3n) is 2.72. The smallest absolute Gasteiger partial charge is 0.466 e. The Morgan fingerprint density at radius 2 is 2.00 bits per heavy atom. The van der Waals surface area contributed by atoms with Gasteiger partial charge in [-0.2, -0.15) is 5.26 Å². The summed E-state index contributed by atoms with van der Waals surface area (Å²) in [5.41, 5.74) is 0.522. The van der Waals surface area contributed by atoms with E-state index in [0.29, 0.717) is 12.0 Å². The summed E-state index contributed by atoms with van der Waals surface area (Å²) in [5.74, 6) is -1.21. The minimum atomic E-state index is -4.90. The van der Waals surface area contributed by atoms with E-state index in [2.05, 4.69) is 4.74 Å². The fraction of sp³-hybridized carbons (Fsp3) is 0.429. The summed E-state index contributed by atoms with van der Waals surface area (Å²) in [7, 11) is 0. The Balaban J connectivity index is 3.27. The van der Waals surface area contributed by atoms with E-state index in [1.807, 2.05) is 0 Å². The third-order valence-corrected chi connectivity index (χ3v) is 2.72. The van der Waals surface area contributed by atoms with Gasteiger partial charge in [0.1, 0.15) is 11.8 Å². The van der Waals surface area contributed by atoms with Gasteiger partial charge in [0.25, 0.3) is 0 Å². The number of halogens is 3. The Morgan fingerprint density at radius 1 is 1.33 bits per heavy atom. The van der Waals surface area contributed by atoms with Crippen LogP contribution >= 0.6 is 0 Å². The second-order valence-electron chi connectivity index (χ2n) is 4.07. The molecule has 0 aromatic heterocycles. The number of esters is 1. The van der Waals surface area contributed by atoms with Crippen molar-refractivity contribution in [3.8, 4) is 11.8 Å². The molecule has 0 radical (unpaired) electrons. The van der Waals surface area contributed by atoms with Crippen LogP contribution in [-0.2, 0) is 22.4 Å². The number of carbonyl (C=O) groups excluding carboxylic acids is 1. The fourth-order valence-corrected chi connectivity index (χ4v) is 1.89. The summed E-state index contributed by atoms with van der Waals surface area (Å²) in [6.45, 7) is 3.55. The van der Waals surface area contributed by atoms with Crippen molar-refractivity contribution in [2.45, 2.75) is 33.1 Å². The van der Waals surface area contributed by atoms with E-state index < -0.39 is 18.1 Å². The molecular weight excluding hydrogens is 287 g/mol. The van der Waals surface area contributed by atoms with Crippen molar-refractivity contribution in [2.75, 3.05) is 6.61 Å². The molecule has 0 unspecified atom stereocenters. The highest BCUT2D eigenvalue weighted by Crippen LogP contribution is 2.30. The van der Waals surface area contributed by atoms with Crippen molar-refractivity contribution < 1.29 is 27.4 Å². The molecule has 1 aromatic rings. The number of benzene rings is 1. The van der Waals surface area contributed by atoms with E-state index in [9.17, 15) is 18.0 Å². The van der Waals surface area contributed by atoms with Gasteiger partial charge in [-0.1, -0.05) is 13.0 Å². The Hall–Kier alpha value is -2.23. The number of hydrogen-bond acceptors (Lipinski definition) is 4. The van der Waals surface area contributed by atoms with Gasteiger partial charge in [-0.3, -0.25) is 4.79 Å². The van der Waals surface area contributed by atoms with Gasteiger partial charge >= 0.3 is 12.3 Å². The molecule has 0 aliphatic heterocycles. The van der Waals surface area contributed by atoms with E-state index in [0.717, 1.165) is 6.07 Å². The lowest BCUT2D eigenvalue weighted by molar-refractivity contribution is -0.274. The third kappa shape index (κ3) is 4.67. The first kappa shape index (κ1) is 16.8. The zero-order valence-corrected chi connectivity index (χ0v) is 11.6. The van der Waals surface area contributed by atoms with E-state index >= 15 is 0 Å². The molecule has 0 saturated carbocycles. The lowest BCUT2D eigenvalue weighted by atomic mass is 9.96. The van der Waals surface area contributed by atoms with Crippen LogP contribution in [0.1, 0.15) is 30.5 Å². The molecule has 0 amide bonds. The lowest BCUT2D eigenvalue weighted by Crippen LogP contribution is -2.19. The van der Waals surface area contributed by atoms with Gasteiger partial charge in [-0.15, -0.1) is 13.2 Å². The number of nitriles is 1. The second kappa shape index (κ2) is 6.97. The van der Waals surface area contributed by atoms with E-state index in [-0.39, 0.29) is 24.2 Å². The average molecular weight is 301 g/mol. The highest BCUT2D eigenvalue weighted by Gasteiger charge is 2.33. The summed E-state index contributed by atoms with van der Waals surface area (Å²) >= 11 is 0. The van der Waals surface area contributed by atoms with Crippen LogP contribution in [0.4, 0.5) is 13.2 Å². The van der Waals surface area contributed by atoms with Gasteiger partial charge in [-0.25, -0.2) is 0 Å². The Labute approximate surface area is 120 Å².